The monoisotopic (exact) mass is 1060 g/mol. The fraction of sp³-hybridized carbons (Fsp3) is 0.652. The highest BCUT2D eigenvalue weighted by Crippen LogP contribution is 2.37. The van der Waals surface area contributed by atoms with E-state index in [1.54, 1.807) is 19.0 Å². The highest BCUT2D eigenvalue weighted by Gasteiger charge is 2.53. The second kappa shape index (κ2) is 24.5. The quantitative estimate of drug-likeness (QED) is 0.0973. The first-order valence-corrected chi connectivity index (χ1v) is 24.8. The summed E-state index contributed by atoms with van der Waals surface area (Å²) < 4.78 is 87.7. The highest BCUT2D eigenvalue weighted by atomic mass is 35.5. The van der Waals surface area contributed by atoms with Crippen LogP contribution in [0.5, 0.6) is 0 Å². The van der Waals surface area contributed by atoms with Gasteiger partial charge in [0.15, 0.2) is 5.82 Å². The van der Waals surface area contributed by atoms with Crippen LogP contribution in [0.25, 0.3) is 11.4 Å². The Kier molecular flexibility index (Phi) is 18.6. The normalized spacial score (nSPS) is 23.0. The molecule has 0 bridgehead atoms. The van der Waals surface area contributed by atoms with Gasteiger partial charge in [-0.3, -0.25) is 0 Å². The lowest BCUT2D eigenvalue weighted by Gasteiger charge is -2.36. The van der Waals surface area contributed by atoms with E-state index in [1.165, 1.54) is 18.7 Å². The summed E-state index contributed by atoms with van der Waals surface area (Å²) in [5.41, 5.74) is 3.97. The summed E-state index contributed by atoms with van der Waals surface area (Å²) in [5.74, 6) is 2.25. The Bertz CT molecular complexity index is 2450. The molecule has 0 radical (unpaired) electrons. The van der Waals surface area contributed by atoms with Gasteiger partial charge in [0, 0.05) is 69.3 Å². The average Bonchev–Trinajstić information content (AvgIpc) is 3.58. The Morgan fingerprint density at radius 1 is 0.662 bits per heavy atom. The molecule has 22 nitrogen and oxygen atoms in total. The third-order valence-electron chi connectivity index (χ3n) is 13.1. The van der Waals surface area contributed by atoms with Crippen molar-refractivity contribution in [3.63, 3.8) is 0 Å². The number of nitrogens with zero attached hydrogens (tertiary/aromatic N) is 15. The summed E-state index contributed by atoms with van der Waals surface area (Å²) in [7, 11) is 2.59. The van der Waals surface area contributed by atoms with Crippen molar-refractivity contribution in [2.45, 2.75) is 104 Å². The molecule has 4 atom stereocenters. The molecule has 9 rings (SSSR count). The minimum atomic E-state index is -2.78. The Hall–Kier alpha value is -5.45. The maximum atomic E-state index is 13.7. The second-order valence-corrected chi connectivity index (χ2v) is 19.9. The van der Waals surface area contributed by atoms with Gasteiger partial charge in [0.1, 0.15) is 11.5 Å². The molecule has 0 aliphatic carbocycles. The minimum Gasteiger partial charge on any atom is -0.399 e. The Morgan fingerprint density at radius 3 is 1.49 bits per heavy atom. The van der Waals surface area contributed by atoms with E-state index < -0.39 is 36.9 Å². The van der Waals surface area contributed by atoms with E-state index in [-0.39, 0.29) is 63.6 Å². The van der Waals surface area contributed by atoms with Crippen LogP contribution in [-0.4, -0.2) is 192 Å². The predicted molar refractivity (Wildman–Crippen MR) is 272 cm³/mol. The summed E-state index contributed by atoms with van der Waals surface area (Å²) in [6, 6.07) is 1.71. The zero-order chi connectivity index (χ0) is 53.5. The van der Waals surface area contributed by atoms with Gasteiger partial charge in [0.05, 0.1) is 94.6 Å². The van der Waals surface area contributed by atoms with Crippen LogP contribution < -0.4 is 30.8 Å². The minimum absolute atomic E-state index is 0.0205. The largest absolute Gasteiger partial charge is 0.498 e. The van der Waals surface area contributed by atoms with Crippen molar-refractivity contribution in [2.24, 2.45) is 4.99 Å². The number of hydrogen-bond acceptors (Lipinski definition) is 21. The number of morpholine rings is 4. The van der Waals surface area contributed by atoms with E-state index in [9.17, 15) is 17.6 Å². The number of nitrogen functional groups attached to an aromatic ring is 1. The number of halogens is 5. The zero-order valence-electron chi connectivity index (χ0n) is 43.5. The first-order chi connectivity index (χ1) is 35.1. The molecular formula is C46H66BClF4N16O6. The molecule has 9 heterocycles. The van der Waals surface area contributed by atoms with E-state index in [0.717, 1.165) is 19.2 Å². The number of rotatable bonds is 10. The maximum Gasteiger partial charge on any atom is 0.498 e. The molecular weight excluding hydrogens is 995 g/mol. The van der Waals surface area contributed by atoms with Crippen molar-refractivity contribution in [3.8, 4) is 11.4 Å². The van der Waals surface area contributed by atoms with Crippen LogP contribution in [-0.2, 0) is 28.3 Å². The number of nitrogens with two attached hydrogens (primary N) is 1. The summed E-state index contributed by atoms with van der Waals surface area (Å²) in [6.07, 6.45) is -1.48. The van der Waals surface area contributed by atoms with Crippen LogP contribution in [0.2, 0.25) is 5.28 Å². The summed E-state index contributed by atoms with van der Waals surface area (Å²) in [4.78, 5) is 52.6. The van der Waals surface area contributed by atoms with Crippen molar-refractivity contribution >= 4 is 66.1 Å². The number of aromatic nitrogens is 9. The van der Waals surface area contributed by atoms with Gasteiger partial charge in [0.2, 0.25) is 29.1 Å². The van der Waals surface area contributed by atoms with Crippen LogP contribution in [0.4, 0.5) is 53.1 Å². The van der Waals surface area contributed by atoms with Crippen molar-refractivity contribution in [1.29, 1.82) is 0 Å². The molecule has 5 saturated heterocycles. The Morgan fingerprint density at radius 2 is 1.09 bits per heavy atom. The molecule has 404 valence electrons. The number of alkyl halides is 4. The summed E-state index contributed by atoms with van der Waals surface area (Å²) >= 11 is 6.11. The lowest BCUT2D eigenvalue weighted by molar-refractivity contribution is 0.00578. The van der Waals surface area contributed by atoms with Gasteiger partial charge in [0.25, 0.3) is 18.8 Å². The zero-order valence-corrected chi connectivity index (χ0v) is 44.2. The Labute approximate surface area is 433 Å². The Balaban J connectivity index is 0.000000165. The smallest absolute Gasteiger partial charge is 0.399 e. The second-order valence-electron chi connectivity index (χ2n) is 19.5. The molecule has 4 aromatic rings. The van der Waals surface area contributed by atoms with Crippen LogP contribution >= 0.6 is 11.6 Å². The SMILES string of the molecule is CC1COCCN1c1nc(-c2cnc(N)cc2C(F)F)nc(N2CCOC[C@@H]2C)n1.CC1COCCN1c1nc(Cl)nc(N2CCOC[C@@H]2C)n1.CN(C)C=Nc1ncc(B2OC(C)(C)C(C)(C)O2)c(C(F)F)n1. The van der Waals surface area contributed by atoms with Crippen LogP contribution in [0.3, 0.4) is 0 Å². The molecule has 0 saturated carbocycles. The fourth-order valence-electron chi connectivity index (χ4n) is 8.22. The number of anilines is 5. The third kappa shape index (κ3) is 13.7. The molecule has 2 unspecified atom stereocenters. The van der Waals surface area contributed by atoms with Crippen molar-refractivity contribution < 1.29 is 45.8 Å². The molecule has 74 heavy (non-hydrogen) atoms. The number of hydrogen-bond donors (Lipinski definition) is 1. The molecule has 5 aliphatic rings. The van der Waals surface area contributed by atoms with E-state index in [1.807, 2.05) is 51.3 Å². The number of aliphatic imine (C=N–C) groups is 1. The van der Waals surface area contributed by atoms with Gasteiger partial charge < -0.3 is 58.5 Å². The molecule has 0 spiro atoms. The van der Waals surface area contributed by atoms with Crippen molar-refractivity contribution in [2.75, 3.05) is 118 Å². The van der Waals surface area contributed by atoms with Gasteiger partial charge >= 0.3 is 7.12 Å². The average molecular weight is 1060 g/mol. The number of ether oxygens (including phenoxy) is 4. The van der Waals surface area contributed by atoms with E-state index in [2.05, 4.69) is 73.5 Å². The van der Waals surface area contributed by atoms with Crippen LogP contribution in [0.15, 0.2) is 23.5 Å². The van der Waals surface area contributed by atoms with Gasteiger partial charge in [-0.2, -0.15) is 29.9 Å². The maximum absolute atomic E-state index is 13.7. The predicted octanol–water partition coefficient (Wildman–Crippen LogP) is 4.81. The molecule has 5 aliphatic heterocycles. The van der Waals surface area contributed by atoms with Crippen molar-refractivity contribution in [1.82, 2.24) is 49.8 Å². The van der Waals surface area contributed by atoms with Crippen LogP contribution in [0.1, 0.15) is 79.5 Å². The first-order valence-electron chi connectivity index (χ1n) is 24.4. The molecule has 0 amide bonds. The number of pyridine rings is 1. The first kappa shape index (κ1) is 56.3. The molecule has 5 fully saturated rings. The molecule has 2 N–H and O–H groups in total. The summed E-state index contributed by atoms with van der Waals surface area (Å²) in [5, 5.41) is 0.229. The van der Waals surface area contributed by atoms with E-state index in [0.29, 0.717) is 89.7 Å². The summed E-state index contributed by atoms with van der Waals surface area (Å²) in [6.45, 7) is 23.2. The topological polar surface area (TPSA) is 226 Å². The van der Waals surface area contributed by atoms with E-state index in [4.69, 9.17) is 45.6 Å². The van der Waals surface area contributed by atoms with Gasteiger partial charge in [-0.1, -0.05) is 0 Å². The molecule has 4 aromatic heterocycles. The van der Waals surface area contributed by atoms with Gasteiger partial charge in [-0.25, -0.2) is 37.5 Å². The third-order valence-corrected chi connectivity index (χ3v) is 13.2. The van der Waals surface area contributed by atoms with Crippen LogP contribution in [0, 0.1) is 0 Å². The molecule has 0 aromatic carbocycles. The lowest BCUT2D eigenvalue weighted by atomic mass is 9.79. The van der Waals surface area contributed by atoms with Gasteiger partial charge in [-0.15, -0.1) is 0 Å². The lowest BCUT2D eigenvalue weighted by Crippen LogP contribution is -2.46. The van der Waals surface area contributed by atoms with Gasteiger partial charge in [-0.05, 0) is 73.1 Å². The molecule has 28 heteroatoms. The van der Waals surface area contributed by atoms with Crippen molar-refractivity contribution in [3.05, 3.63) is 35.0 Å². The highest BCUT2D eigenvalue weighted by molar-refractivity contribution is 6.62. The standard InChI is InChI=1S/C19H25F2N7O2.C14H21BF2N4O2.C13H20ClN5O2/c1-11-9-29-5-3-27(11)18-24-17(14-8-23-15(22)7-13(14)16(20)21)25-19(26-18)28-4-6-30-10-12(28)2;1-13(2)14(3,4)23-15(22-13)9-7-18-12(19-8-21(5)6)20-10(9)11(16)17;1-9-7-20-5-3-18(9)12-15-11(14)16-13(17-12)19-4-6-21-8-10(19)2/h7-8,11-12,16H,3-6,9-10H2,1-2H3,(H2,22,23);7-8,11H,1-6H3;9-10H,3-8H2,1-2H3/t11-,12?;;9-,10?/m0.0/s1. The fourth-order valence-corrected chi connectivity index (χ4v) is 8.37. The van der Waals surface area contributed by atoms with E-state index >= 15 is 0 Å².